The fourth-order valence-corrected chi connectivity index (χ4v) is 7.73. The zero-order valence-corrected chi connectivity index (χ0v) is 23.7. The molecule has 4 aliphatic heterocycles. The minimum atomic E-state index is -0.584. The molecule has 3 amide bonds. The van der Waals surface area contributed by atoms with Crippen LogP contribution in [0.1, 0.15) is 54.4 Å². The molecule has 1 N–H and O–H groups in total. The normalized spacial score (nSPS) is 24.5. The summed E-state index contributed by atoms with van der Waals surface area (Å²) in [5.41, 5.74) is 4.31. The van der Waals surface area contributed by atoms with Crippen LogP contribution >= 0.6 is 0 Å². The zero-order valence-electron chi connectivity index (χ0n) is 23.7. The lowest BCUT2D eigenvalue weighted by Crippen LogP contribution is -2.60. The summed E-state index contributed by atoms with van der Waals surface area (Å²) in [6.07, 6.45) is 5.52. The van der Waals surface area contributed by atoms with Crippen molar-refractivity contribution in [2.45, 2.75) is 57.2 Å². The van der Waals surface area contributed by atoms with Gasteiger partial charge in [-0.2, -0.15) is 0 Å². The number of non-ortho nitro benzene ring substituents is 1. The number of piperazine rings is 1. The van der Waals surface area contributed by atoms with Crippen molar-refractivity contribution >= 4 is 34.8 Å². The van der Waals surface area contributed by atoms with Crippen molar-refractivity contribution in [1.29, 1.82) is 0 Å². The lowest BCUT2D eigenvalue weighted by molar-refractivity contribution is -0.384. The summed E-state index contributed by atoms with van der Waals surface area (Å²) in [6.45, 7) is 6.40. The Labute approximate surface area is 244 Å². The van der Waals surface area contributed by atoms with Crippen LogP contribution in [-0.2, 0) is 16.1 Å². The Hall–Kier alpha value is -3.99. The minimum Gasteiger partial charge on any atom is -0.370 e. The van der Waals surface area contributed by atoms with Crippen molar-refractivity contribution in [2.24, 2.45) is 5.41 Å². The molecule has 0 aromatic heterocycles. The third kappa shape index (κ3) is 4.79. The van der Waals surface area contributed by atoms with Crippen molar-refractivity contribution in [3.05, 3.63) is 63.7 Å². The third-order valence-corrected chi connectivity index (χ3v) is 10.2. The summed E-state index contributed by atoms with van der Waals surface area (Å²) >= 11 is 0. The Bertz CT molecular complexity index is 1420. The summed E-state index contributed by atoms with van der Waals surface area (Å²) < 4.78 is 0. The van der Waals surface area contributed by atoms with Crippen LogP contribution in [-0.4, -0.2) is 83.8 Å². The van der Waals surface area contributed by atoms with Gasteiger partial charge in [-0.3, -0.25) is 34.7 Å². The lowest BCUT2D eigenvalue weighted by Gasteiger charge is -2.56. The Balaban J connectivity index is 0.900. The van der Waals surface area contributed by atoms with Crippen molar-refractivity contribution in [1.82, 2.24) is 15.1 Å². The van der Waals surface area contributed by atoms with Crippen LogP contribution in [0.4, 0.5) is 17.1 Å². The Morgan fingerprint density at radius 2 is 1.55 bits per heavy atom. The quantitative estimate of drug-likeness (QED) is 0.330. The topological polar surface area (TPSA) is 119 Å². The number of nitrogens with zero attached hydrogens (tertiary/aromatic N) is 5. The van der Waals surface area contributed by atoms with Crippen LogP contribution in [0, 0.1) is 15.5 Å². The molecule has 5 aliphatic rings. The number of carbonyl (C=O) groups is 3. The number of nitro benzene ring substituents is 1. The maximum Gasteiger partial charge on any atom is 0.269 e. The highest BCUT2D eigenvalue weighted by Crippen LogP contribution is 2.47. The van der Waals surface area contributed by atoms with Crippen LogP contribution < -0.4 is 15.1 Å². The molecular weight excluding hydrogens is 536 g/mol. The van der Waals surface area contributed by atoms with Gasteiger partial charge in [0, 0.05) is 92.8 Å². The van der Waals surface area contributed by atoms with Gasteiger partial charge >= 0.3 is 0 Å². The molecule has 1 saturated carbocycles. The highest BCUT2D eigenvalue weighted by molar-refractivity contribution is 6.05. The van der Waals surface area contributed by atoms with E-state index in [0.29, 0.717) is 30.0 Å². The Kier molecular flexibility index (Phi) is 6.64. The maximum atomic E-state index is 13.0. The molecule has 4 fully saturated rings. The average molecular weight is 573 g/mol. The number of hydrogen-bond donors (Lipinski definition) is 1. The maximum absolute atomic E-state index is 13.0. The average Bonchev–Trinajstić information content (AvgIpc) is 3.31. The largest absolute Gasteiger partial charge is 0.370 e. The van der Waals surface area contributed by atoms with Gasteiger partial charge in [0.15, 0.2) is 0 Å². The Morgan fingerprint density at radius 3 is 2.21 bits per heavy atom. The lowest BCUT2D eigenvalue weighted by atomic mass is 9.67. The molecule has 1 spiro atoms. The number of benzene rings is 2. The highest BCUT2D eigenvalue weighted by atomic mass is 16.6. The van der Waals surface area contributed by atoms with E-state index in [0.717, 1.165) is 56.2 Å². The first kappa shape index (κ1) is 26.9. The van der Waals surface area contributed by atoms with Crippen molar-refractivity contribution in [3.8, 4) is 0 Å². The van der Waals surface area contributed by atoms with E-state index in [1.807, 2.05) is 24.3 Å². The van der Waals surface area contributed by atoms with Crippen molar-refractivity contribution in [3.63, 3.8) is 0 Å². The number of anilines is 2. The monoisotopic (exact) mass is 572 g/mol. The van der Waals surface area contributed by atoms with Gasteiger partial charge in [0.1, 0.15) is 6.04 Å². The number of amides is 3. The van der Waals surface area contributed by atoms with E-state index in [-0.39, 0.29) is 34.8 Å². The molecular formula is C31H36N6O5. The van der Waals surface area contributed by atoms with Crippen LogP contribution in [0.2, 0.25) is 0 Å². The summed E-state index contributed by atoms with van der Waals surface area (Å²) in [4.78, 5) is 56.5. The molecule has 42 heavy (non-hydrogen) atoms. The predicted octanol–water partition coefficient (Wildman–Crippen LogP) is 2.93. The molecule has 2 aromatic rings. The van der Waals surface area contributed by atoms with E-state index in [1.54, 1.807) is 17.0 Å². The zero-order chi connectivity index (χ0) is 29.0. The summed E-state index contributed by atoms with van der Waals surface area (Å²) in [7, 11) is 0. The minimum absolute atomic E-state index is 0.127. The van der Waals surface area contributed by atoms with E-state index < -0.39 is 6.04 Å². The second-order valence-electron chi connectivity index (χ2n) is 12.6. The van der Waals surface area contributed by atoms with E-state index in [9.17, 15) is 24.5 Å². The molecule has 3 saturated heterocycles. The van der Waals surface area contributed by atoms with Gasteiger partial charge in [-0.05, 0) is 68.0 Å². The second-order valence-corrected chi connectivity index (χ2v) is 12.6. The first-order chi connectivity index (χ1) is 20.3. The number of imide groups is 1. The van der Waals surface area contributed by atoms with E-state index >= 15 is 0 Å². The number of fused-ring (bicyclic) bond motifs is 1. The first-order valence-electron chi connectivity index (χ1n) is 15.0. The number of rotatable bonds is 5. The molecule has 4 heterocycles. The number of piperidine rings is 1. The third-order valence-electron chi connectivity index (χ3n) is 10.2. The molecule has 1 atom stereocenters. The SMILES string of the molecule is O=C1CCC(N2Cc3cc(N4CC5(CCC(N6CCN(c7ccc([N+](=O)[O-])cc7)CC6)CC5)C4)ccc3C2=O)C(=O)N1. The molecule has 2 aromatic carbocycles. The van der Waals surface area contributed by atoms with Crippen LogP contribution in [0.3, 0.4) is 0 Å². The van der Waals surface area contributed by atoms with Gasteiger partial charge in [-0.1, -0.05) is 0 Å². The molecule has 1 aliphatic carbocycles. The van der Waals surface area contributed by atoms with Gasteiger partial charge < -0.3 is 14.7 Å². The smallest absolute Gasteiger partial charge is 0.269 e. The summed E-state index contributed by atoms with van der Waals surface area (Å²) in [6, 6.07) is 13.0. The van der Waals surface area contributed by atoms with Crippen LogP contribution in [0.25, 0.3) is 0 Å². The molecule has 1 unspecified atom stereocenters. The molecule has 0 radical (unpaired) electrons. The van der Waals surface area contributed by atoms with Crippen molar-refractivity contribution < 1.29 is 19.3 Å². The first-order valence-corrected chi connectivity index (χ1v) is 15.0. The van der Waals surface area contributed by atoms with E-state index in [4.69, 9.17) is 0 Å². The second kappa shape index (κ2) is 10.4. The number of carbonyl (C=O) groups excluding carboxylic acids is 3. The molecule has 7 rings (SSSR count). The van der Waals surface area contributed by atoms with Crippen LogP contribution in [0.15, 0.2) is 42.5 Å². The molecule has 0 bridgehead atoms. The van der Waals surface area contributed by atoms with E-state index in [1.165, 1.54) is 25.7 Å². The number of nitro groups is 1. The molecule has 220 valence electrons. The number of hydrogen-bond acceptors (Lipinski definition) is 8. The van der Waals surface area contributed by atoms with Gasteiger partial charge in [-0.25, -0.2) is 0 Å². The summed E-state index contributed by atoms with van der Waals surface area (Å²) in [5.74, 6) is -0.775. The summed E-state index contributed by atoms with van der Waals surface area (Å²) in [5, 5.41) is 13.3. The fourth-order valence-electron chi connectivity index (χ4n) is 7.73. The van der Waals surface area contributed by atoms with E-state index in [2.05, 4.69) is 26.1 Å². The van der Waals surface area contributed by atoms with Crippen molar-refractivity contribution in [2.75, 3.05) is 49.1 Å². The number of nitrogens with one attached hydrogen (secondary N) is 1. The molecule has 11 heteroatoms. The Morgan fingerprint density at radius 1 is 0.857 bits per heavy atom. The van der Waals surface area contributed by atoms with Gasteiger partial charge in [0.25, 0.3) is 11.6 Å². The fraction of sp³-hybridized carbons (Fsp3) is 0.516. The highest BCUT2D eigenvalue weighted by Gasteiger charge is 2.46. The van der Waals surface area contributed by atoms with Gasteiger partial charge in [0.05, 0.1) is 4.92 Å². The van der Waals surface area contributed by atoms with Gasteiger partial charge in [-0.15, -0.1) is 0 Å². The standard InChI is InChI=1S/C31H36N6O5/c38-28-8-7-27(29(39)32-28)36-18-21-17-25(5-6-26(21)30(36)40)35-19-31(20-35)11-9-23(10-12-31)34-15-13-33(14-16-34)22-1-3-24(4-2-22)37(41)42/h1-6,17,23,27H,7-16,18-20H2,(H,32,38,39). The predicted molar refractivity (Wildman–Crippen MR) is 156 cm³/mol. The molecule has 11 nitrogen and oxygen atoms in total. The van der Waals surface area contributed by atoms with Gasteiger partial charge in [0.2, 0.25) is 11.8 Å². The van der Waals surface area contributed by atoms with Crippen LogP contribution in [0.5, 0.6) is 0 Å².